The quantitative estimate of drug-likeness (QED) is 0.566. The van der Waals surface area contributed by atoms with Crippen molar-refractivity contribution in [3.63, 3.8) is 0 Å². The second kappa shape index (κ2) is 9.75. The molecular weight excluding hydrogens is 376 g/mol. The number of carbonyl (C=O) groups is 1. The summed E-state index contributed by atoms with van der Waals surface area (Å²) in [5.74, 6) is 0.237. The summed E-state index contributed by atoms with van der Waals surface area (Å²) in [6, 6.07) is 16.0. The number of nitrogens with one attached hydrogen (secondary N) is 1. The average molecular weight is 397 g/mol. The maximum Gasteiger partial charge on any atom is 0.183 e. The van der Waals surface area contributed by atoms with Gasteiger partial charge in [0, 0.05) is 30.7 Å². The maximum atomic E-state index is 10.6. The predicted octanol–water partition coefficient (Wildman–Crippen LogP) is 2.68. The minimum Gasteiger partial charge on any atom is -0.550 e. The SMILES string of the molecule is COc1cc(CNc2nc(CC(=O)[O-])cs2)ccc1OCCc1ccccc1. The van der Waals surface area contributed by atoms with E-state index in [-0.39, 0.29) is 6.42 Å². The molecule has 0 saturated heterocycles. The second-order valence-corrected chi connectivity index (χ2v) is 6.97. The molecule has 0 amide bonds. The second-order valence-electron chi connectivity index (χ2n) is 6.12. The zero-order valence-electron chi connectivity index (χ0n) is 15.5. The molecule has 0 saturated carbocycles. The highest BCUT2D eigenvalue weighted by Crippen LogP contribution is 2.29. The summed E-state index contributed by atoms with van der Waals surface area (Å²) >= 11 is 1.36. The number of benzene rings is 2. The Balaban J connectivity index is 1.55. The minimum absolute atomic E-state index is 0.180. The fraction of sp³-hybridized carbons (Fsp3) is 0.238. The van der Waals surface area contributed by atoms with Crippen LogP contribution in [0.15, 0.2) is 53.9 Å². The van der Waals surface area contributed by atoms with E-state index in [0.717, 1.165) is 12.0 Å². The van der Waals surface area contributed by atoms with Gasteiger partial charge in [-0.15, -0.1) is 11.3 Å². The van der Waals surface area contributed by atoms with Crippen LogP contribution in [-0.2, 0) is 24.2 Å². The number of aliphatic carboxylic acids is 1. The van der Waals surface area contributed by atoms with Crippen LogP contribution < -0.4 is 19.9 Å². The molecule has 0 atom stereocenters. The fourth-order valence-electron chi connectivity index (χ4n) is 2.66. The third-order valence-electron chi connectivity index (χ3n) is 4.04. The molecule has 0 aliphatic rings. The maximum absolute atomic E-state index is 10.6. The van der Waals surface area contributed by atoms with Gasteiger partial charge in [0.05, 0.1) is 19.4 Å². The molecule has 0 aliphatic heterocycles. The Bertz CT molecular complexity index is 912. The van der Waals surface area contributed by atoms with E-state index in [1.165, 1.54) is 16.9 Å². The van der Waals surface area contributed by atoms with Crippen molar-refractivity contribution in [2.24, 2.45) is 0 Å². The number of carboxylic acid groups (broad SMARTS) is 1. The van der Waals surface area contributed by atoms with E-state index in [0.29, 0.717) is 35.5 Å². The Morgan fingerprint density at radius 1 is 1.14 bits per heavy atom. The van der Waals surface area contributed by atoms with Gasteiger partial charge >= 0.3 is 0 Å². The standard InChI is InChI=1S/C21H22N2O4S/c1-26-19-11-16(13-22-21-23-17(14-28-21)12-20(24)25)7-8-18(19)27-10-9-15-5-3-2-4-6-15/h2-8,11,14H,9-10,12-13H2,1H3,(H,22,23)(H,24,25)/p-1. The molecule has 0 spiro atoms. The van der Waals surface area contributed by atoms with Gasteiger partial charge in [-0.05, 0) is 23.3 Å². The van der Waals surface area contributed by atoms with Crippen LogP contribution >= 0.6 is 11.3 Å². The summed E-state index contributed by atoms with van der Waals surface area (Å²) in [5, 5.41) is 16.2. The molecule has 0 aliphatic carbocycles. The molecule has 3 aromatic rings. The lowest BCUT2D eigenvalue weighted by Crippen LogP contribution is -2.24. The van der Waals surface area contributed by atoms with E-state index in [2.05, 4.69) is 22.4 Å². The van der Waals surface area contributed by atoms with E-state index >= 15 is 0 Å². The highest BCUT2D eigenvalue weighted by atomic mass is 32.1. The summed E-state index contributed by atoms with van der Waals surface area (Å²) in [7, 11) is 1.61. The Hall–Kier alpha value is -3.06. The van der Waals surface area contributed by atoms with Gasteiger partial charge in [0.15, 0.2) is 16.6 Å². The van der Waals surface area contributed by atoms with E-state index in [9.17, 15) is 9.90 Å². The highest BCUT2D eigenvalue weighted by molar-refractivity contribution is 7.13. The fourth-order valence-corrected chi connectivity index (χ4v) is 3.37. The number of hydrogen-bond acceptors (Lipinski definition) is 7. The monoisotopic (exact) mass is 397 g/mol. The molecule has 0 radical (unpaired) electrons. The first-order valence-electron chi connectivity index (χ1n) is 8.86. The van der Waals surface area contributed by atoms with Crippen LogP contribution in [0.1, 0.15) is 16.8 Å². The lowest BCUT2D eigenvalue weighted by atomic mass is 10.1. The van der Waals surface area contributed by atoms with Crippen LogP contribution in [0.4, 0.5) is 5.13 Å². The van der Waals surface area contributed by atoms with Gasteiger partial charge in [0.1, 0.15) is 0 Å². The van der Waals surface area contributed by atoms with Crippen molar-refractivity contribution < 1.29 is 19.4 Å². The van der Waals surface area contributed by atoms with Crippen LogP contribution in [0, 0.1) is 0 Å². The molecule has 28 heavy (non-hydrogen) atoms. The lowest BCUT2D eigenvalue weighted by molar-refractivity contribution is -0.304. The molecule has 146 valence electrons. The number of carbonyl (C=O) groups excluding carboxylic acids is 1. The third kappa shape index (κ3) is 5.72. The predicted molar refractivity (Wildman–Crippen MR) is 107 cm³/mol. The van der Waals surface area contributed by atoms with Crippen molar-refractivity contribution in [2.45, 2.75) is 19.4 Å². The van der Waals surface area contributed by atoms with E-state index in [1.54, 1.807) is 12.5 Å². The van der Waals surface area contributed by atoms with Crippen molar-refractivity contribution in [1.29, 1.82) is 0 Å². The highest BCUT2D eigenvalue weighted by Gasteiger charge is 2.07. The number of carboxylic acids is 1. The molecule has 0 bridgehead atoms. The number of methoxy groups -OCH3 is 1. The van der Waals surface area contributed by atoms with Crippen LogP contribution in [0.5, 0.6) is 11.5 Å². The molecular formula is C21H21N2O4S-. The van der Waals surface area contributed by atoms with E-state index in [4.69, 9.17) is 9.47 Å². The molecule has 1 N–H and O–H groups in total. The molecule has 3 rings (SSSR count). The number of ether oxygens (including phenoxy) is 2. The smallest absolute Gasteiger partial charge is 0.183 e. The first-order chi connectivity index (χ1) is 13.6. The molecule has 0 unspecified atom stereocenters. The number of anilines is 1. The number of rotatable bonds is 10. The lowest BCUT2D eigenvalue weighted by Gasteiger charge is -2.12. The van der Waals surface area contributed by atoms with Gasteiger partial charge in [0.2, 0.25) is 0 Å². The molecule has 1 aromatic heterocycles. The molecule has 1 heterocycles. The van der Waals surface area contributed by atoms with Gasteiger partial charge in [0.25, 0.3) is 0 Å². The largest absolute Gasteiger partial charge is 0.550 e. The minimum atomic E-state index is -1.13. The number of thiazole rings is 1. The van der Waals surface area contributed by atoms with Crippen LogP contribution in [-0.4, -0.2) is 24.7 Å². The van der Waals surface area contributed by atoms with Gasteiger partial charge in [-0.3, -0.25) is 0 Å². The van der Waals surface area contributed by atoms with Crippen molar-refractivity contribution >= 4 is 22.4 Å². The number of hydrogen-bond donors (Lipinski definition) is 1. The summed E-state index contributed by atoms with van der Waals surface area (Å²) < 4.78 is 11.3. The van der Waals surface area contributed by atoms with Crippen molar-refractivity contribution in [1.82, 2.24) is 4.98 Å². The van der Waals surface area contributed by atoms with Gasteiger partial charge < -0.3 is 24.7 Å². The van der Waals surface area contributed by atoms with Crippen molar-refractivity contribution in [2.75, 3.05) is 19.0 Å². The van der Waals surface area contributed by atoms with Gasteiger partial charge in [-0.1, -0.05) is 36.4 Å². The molecule has 2 aromatic carbocycles. The Morgan fingerprint density at radius 3 is 2.71 bits per heavy atom. The van der Waals surface area contributed by atoms with E-state index in [1.807, 2.05) is 36.4 Å². The Labute approximate surface area is 167 Å². The topological polar surface area (TPSA) is 83.5 Å². The first-order valence-corrected chi connectivity index (χ1v) is 9.74. The molecule has 0 fully saturated rings. The Kier molecular flexibility index (Phi) is 6.86. The zero-order chi connectivity index (χ0) is 19.8. The average Bonchev–Trinajstić information content (AvgIpc) is 3.14. The summed E-state index contributed by atoms with van der Waals surface area (Å²) in [4.78, 5) is 14.8. The third-order valence-corrected chi connectivity index (χ3v) is 4.89. The number of nitrogens with zero attached hydrogens (tertiary/aromatic N) is 1. The zero-order valence-corrected chi connectivity index (χ0v) is 16.3. The van der Waals surface area contributed by atoms with Crippen LogP contribution in [0.25, 0.3) is 0 Å². The van der Waals surface area contributed by atoms with Gasteiger partial charge in [-0.25, -0.2) is 4.98 Å². The molecule has 7 heteroatoms. The van der Waals surface area contributed by atoms with Crippen LogP contribution in [0.3, 0.4) is 0 Å². The normalized spacial score (nSPS) is 10.5. The number of aromatic nitrogens is 1. The summed E-state index contributed by atoms with van der Waals surface area (Å²) in [5.41, 5.74) is 2.72. The summed E-state index contributed by atoms with van der Waals surface area (Å²) in [6.45, 7) is 1.11. The molecule has 6 nitrogen and oxygen atoms in total. The van der Waals surface area contributed by atoms with Crippen molar-refractivity contribution in [3.05, 3.63) is 70.7 Å². The Morgan fingerprint density at radius 2 is 1.96 bits per heavy atom. The van der Waals surface area contributed by atoms with E-state index < -0.39 is 5.97 Å². The summed E-state index contributed by atoms with van der Waals surface area (Å²) in [6.07, 6.45) is 0.645. The van der Waals surface area contributed by atoms with Crippen molar-refractivity contribution in [3.8, 4) is 11.5 Å². The van der Waals surface area contributed by atoms with Crippen LogP contribution in [0.2, 0.25) is 0 Å². The first kappa shape index (κ1) is 19.7. The van der Waals surface area contributed by atoms with Gasteiger partial charge in [-0.2, -0.15) is 0 Å².